The van der Waals surface area contributed by atoms with E-state index in [2.05, 4.69) is 4.99 Å². The Morgan fingerprint density at radius 2 is 2.67 bits per heavy atom. The number of thioether (sulfide) groups is 2. The molecule has 2 nitrogen and oxygen atoms in total. The van der Waals surface area contributed by atoms with Crippen LogP contribution < -0.4 is 5.73 Å². The lowest BCUT2D eigenvalue weighted by atomic mass is 10.7. The van der Waals surface area contributed by atoms with Gasteiger partial charge in [0.1, 0.15) is 5.50 Å². The lowest BCUT2D eigenvalue weighted by Gasteiger charge is -2.08. The van der Waals surface area contributed by atoms with Crippen molar-refractivity contribution >= 4 is 28.6 Å². The van der Waals surface area contributed by atoms with E-state index in [-0.39, 0.29) is 5.50 Å². The summed E-state index contributed by atoms with van der Waals surface area (Å²) in [5.74, 6) is 0. The predicted octanol–water partition coefficient (Wildman–Crippen LogP) is 1.25. The SMILES string of the molecule is CSC1=NC(N)SC=C1. The highest BCUT2D eigenvalue weighted by molar-refractivity contribution is 8.14. The smallest absolute Gasteiger partial charge is 0.149 e. The Hall–Kier alpha value is 0.0700. The van der Waals surface area contributed by atoms with E-state index in [9.17, 15) is 0 Å². The Balaban J connectivity index is 2.59. The molecule has 0 aliphatic carbocycles. The minimum Gasteiger partial charge on any atom is -0.301 e. The molecule has 1 aliphatic heterocycles. The van der Waals surface area contributed by atoms with Gasteiger partial charge in [0, 0.05) is 0 Å². The fourth-order valence-electron chi connectivity index (χ4n) is 0.498. The van der Waals surface area contributed by atoms with Crippen molar-refractivity contribution in [2.24, 2.45) is 10.7 Å². The van der Waals surface area contributed by atoms with Crippen molar-refractivity contribution in [1.29, 1.82) is 0 Å². The van der Waals surface area contributed by atoms with Crippen LogP contribution in [0.5, 0.6) is 0 Å². The van der Waals surface area contributed by atoms with Gasteiger partial charge >= 0.3 is 0 Å². The van der Waals surface area contributed by atoms with E-state index in [1.165, 1.54) is 11.8 Å². The van der Waals surface area contributed by atoms with Crippen molar-refractivity contribution < 1.29 is 0 Å². The average molecular weight is 160 g/mol. The van der Waals surface area contributed by atoms with Gasteiger partial charge < -0.3 is 5.73 Å². The average Bonchev–Trinajstić information content (AvgIpc) is 1.88. The number of aliphatic imine (C=N–C) groups is 1. The summed E-state index contributed by atoms with van der Waals surface area (Å²) in [4.78, 5) is 4.13. The monoisotopic (exact) mass is 160 g/mol. The first-order valence-corrected chi connectivity index (χ1v) is 4.69. The van der Waals surface area contributed by atoms with Gasteiger partial charge in [0.15, 0.2) is 0 Å². The Morgan fingerprint density at radius 3 is 3.11 bits per heavy atom. The molecule has 0 aromatic carbocycles. The van der Waals surface area contributed by atoms with Crippen molar-refractivity contribution in [2.75, 3.05) is 6.26 Å². The zero-order chi connectivity index (χ0) is 6.69. The minimum atomic E-state index is -0.0857. The van der Waals surface area contributed by atoms with Crippen LogP contribution in [-0.4, -0.2) is 16.8 Å². The summed E-state index contributed by atoms with van der Waals surface area (Å²) in [6, 6.07) is 0. The van der Waals surface area contributed by atoms with Gasteiger partial charge in [-0.3, -0.25) is 0 Å². The van der Waals surface area contributed by atoms with E-state index in [0.717, 1.165) is 5.04 Å². The third-order valence-electron chi connectivity index (χ3n) is 0.892. The highest BCUT2D eigenvalue weighted by Gasteiger charge is 2.03. The third kappa shape index (κ3) is 2.04. The summed E-state index contributed by atoms with van der Waals surface area (Å²) >= 11 is 3.15. The van der Waals surface area contributed by atoms with Crippen LogP contribution in [0.3, 0.4) is 0 Å². The molecule has 0 fully saturated rings. The number of nitrogens with zero attached hydrogens (tertiary/aromatic N) is 1. The lowest BCUT2D eigenvalue weighted by molar-refractivity contribution is 0.996. The molecule has 1 heterocycles. The van der Waals surface area contributed by atoms with Crippen LogP contribution in [0.2, 0.25) is 0 Å². The van der Waals surface area contributed by atoms with Gasteiger partial charge in [0.2, 0.25) is 0 Å². The van der Waals surface area contributed by atoms with Crippen molar-refractivity contribution in [3.63, 3.8) is 0 Å². The Bertz CT molecular complexity index is 153. The molecule has 0 saturated heterocycles. The molecule has 0 saturated carbocycles. The standard InChI is InChI=1S/C5H8N2S2/c1-8-4-2-3-9-5(6)7-4/h2-3,5H,6H2,1H3. The molecule has 4 heteroatoms. The van der Waals surface area contributed by atoms with Gasteiger partial charge in [-0.15, -0.1) is 11.8 Å². The van der Waals surface area contributed by atoms with E-state index in [1.54, 1.807) is 11.8 Å². The van der Waals surface area contributed by atoms with E-state index in [4.69, 9.17) is 5.73 Å². The highest BCUT2D eigenvalue weighted by Crippen LogP contribution is 2.17. The molecule has 1 unspecified atom stereocenters. The molecule has 0 spiro atoms. The molecule has 1 atom stereocenters. The second-order valence-electron chi connectivity index (χ2n) is 1.50. The van der Waals surface area contributed by atoms with Crippen LogP contribution >= 0.6 is 23.5 Å². The van der Waals surface area contributed by atoms with Gasteiger partial charge in [0.05, 0.1) is 5.04 Å². The first-order valence-electron chi connectivity index (χ1n) is 2.52. The quantitative estimate of drug-likeness (QED) is 0.579. The molecule has 9 heavy (non-hydrogen) atoms. The molecule has 0 aromatic heterocycles. The molecule has 0 amide bonds. The topological polar surface area (TPSA) is 38.4 Å². The Morgan fingerprint density at radius 1 is 1.89 bits per heavy atom. The van der Waals surface area contributed by atoms with Crippen LogP contribution in [0, 0.1) is 0 Å². The number of nitrogens with two attached hydrogens (primary N) is 1. The number of hydrogen-bond donors (Lipinski definition) is 1. The number of hydrogen-bond acceptors (Lipinski definition) is 4. The van der Waals surface area contributed by atoms with E-state index >= 15 is 0 Å². The first-order chi connectivity index (χ1) is 4.33. The summed E-state index contributed by atoms with van der Waals surface area (Å²) in [5.41, 5.74) is 5.43. The highest BCUT2D eigenvalue weighted by atomic mass is 32.2. The second kappa shape index (κ2) is 3.29. The van der Waals surface area contributed by atoms with Gasteiger partial charge in [-0.1, -0.05) is 11.8 Å². The van der Waals surface area contributed by atoms with Crippen molar-refractivity contribution in [3.05, 3.63) is 11.5 Å². The van der Waals surface area contributed by atoms with Crippen molar-refractivity contribution in [1.82, 2.24) is 0 Å². The molecule has 0 aromatic rings. The fraction of sp³-hybridized carbons (Fsp3) is 0.400. The maximum absolute atomic E-state index is 5.51. The minimum absolute atomic E-state index is 0.0857. The normalized spacial score (nSPS) is 26.0. The molecule has 2 N–H and O–H groups in total. The van der Waals surface area contributed by atoms with Crippen LogP contribution in [0.4, 0.5) is 0 Å². The van der Waals surface area contributed by atoms with Crippen LogP contribution in [0.1, 0.15) is 0 Å². The molecule has 0 radical (unpaired) electrons. The van der Waals surface area contributed by atoms with Gasteiger partial charge in [-0.2, -0.15) is 0 Å². The summed E-state index contributed by atoms with van der Waals surface area (Å²) in [6.45, 7) is 0. The zero-order valence-corrected chi connectivity index (χ0v) is 6.71. The van der Waals surface area contributed by atoms with E-state index in [1.807, 2.05) is 17.7 Å². The number of rotatable bonds is 0. The van der Waals surface area contributed by atoms with E-state index < -0.39 is 0 Å². The van der Waals surface area contributed by atoms with Gasteiger partial charge in [-0.25, -0.2) is 4.99 Å². The molecule has 0 bridgehead atoms. The third-order valence-corrected chi connectivity index (χ3v) is 2.23. The van der Waals surface area contributed by atoms with E-state index in [0.29, 0.717) is 0 Å². The Labute approximate surface area is 63.0 Å². The van der Waals surface area contributed by atoms with Crippen LogP contribution in [-0.2, 0) is 0 Å². The predicted molar refractivity (Wildman–Crippen MR) is 45.7 cm³/mol. The zero-order valence-electron chi connectivity index (χ0n) is 5.07. The van der Waals surface area contributed by atoms with Gasteiger partial charge in [-0.05, 0) is 17.7 Å². The summed E-state index contributed by atoms with van der Waals surface area (Å²) < 4.78 is 0. The maximum atomic E-state index is 5.51. The molecule has 50 valence electrons. The maximum Gasteiger partial charge on any atom is 0.149 e. The first kappa shape index (κ1) is 7.18. The molecular weight excluding hydrogens is 152 g/mol. The van der Waals surface area contributed by atoms with Gasteiger partial charge in [0.25, 0.3) is 0 Å². The van der Waals surface area contributed by atoms with Crippen molar-refractivity contribution in [3.8, 4) is 0 Å². The summed E-state index contributed by atoms with van der Waals surface area (Å²) in [7, 11) is 0. The van der Waals surface area contributed by atoms with Crippen LogP contribution in [0.25, 0.3) is 0 Å². The Kier molecular flexibility index (Phi) is 2.63. The summed E-state index contributed by atoms with van der Waals surface area (Å²) in [5, 5.41) is 2.99. The summed E-state index contributed by atoms with van der Waals surface area (Å²) in [6.07, 6.45) is 3.96. The van der Waals surface area contributed by atoms with Crippen molar-refractivity contribution in [2.45, 2.75) is 5.50 Å². The molecule has 1 rings (SSSR count). The van der Waals surface area contributed by atoms with Crippen LogP contribution in [0.15, 0.2) is 16.5 Å². The lowest BCUT2D eigenvalue weighted by Crippen LogP contribution is -2.14. The molecular formula is C5H8N2S2. The largest absolute Gasteiger partial charge is 0.301 e. The second-order valence-corrected chi connectivity index (χ2v) is 3.35. The fourth-order valence-corrected chi connectivity index (χ4v) is 1.62. The molecule has 1 aliphatic rings.